The Morgan fingerprint density at radius 2 is 1.85 bits per heavy atom. The highest BCUT2D eigenvalue weighted by atomic mass is 32.2. The molecule has 1 unspecified atom stereocenters. The first kappa shape index (κ1) is 18.6. The van der Waals surface area contributed by atoms with E-state index in [2.05, 4.69) is 4.72 Å². The standard InChI is InChI=1S/C19H21NO5S/c1-14-6-5-8-16(12-14)19(10-11-24-25-13-19)18(21)20-26(22,23)17-9-4-3-7-15(17)2/h3-9,12H,10-11,13H2,1-2H3,(H,20,21). The minimum absolute atomic E-state index is 0.0500. The van der Waals surface area contributed by atoms with Gasteiger partial charge in [0.15, 0.2) is 0 Å². The average molecular weight is 375 g/mol. The molecule has 1 heterocycles. The molecule has 0 saturated carbocycles. The summed E-state index contributed by atoms with van der Waals surface area (Å²) in [5.74, 6) is -0.616. The van der Waals surface area contributed by atoms with Crippen LogP contribution in [0.1, 0.15) is 23.1 Å². The Morgan fingerprint density at radius 1 is 1.08 bits per heavy atom. The summed E-state index contributed by atoms with van der Waals surface area (Å²) in [5.41, 5.74) is 1.13. The van der Waals surface area contributed by atoms with Gasteiger partial charge in [0.1, 0.15) is 12.0 Å². The smallest absolute Gasteiger partial charge is 0.264 e. The van der Waals surface area contributed by atoms with Crippen LogP contribution in [0.5, 0.6) is 0 Å². The maximum Gasteiger partial charge on any atom is 0.264 e. The number of hydrogen-bond donors (Lipinski definition) is 1. The molecule has 26 heavy (non-hydrogen) atoms. The highest BCUT2D eigenvalue weighted by molar-refractivity contribution is 7.90. The van der Waals surface area contributed by atoms with Crippen LogP contribution < -0.4 is 4.72 Å². The van der Waals surface area contributed by atoms with Crippen molar-refractivity contribution >= 4 is 15.9 Å². The summed E-state index contributed by atoms with van der Waals surface area (Å²) in [6.07, 6.45) is 0.325. The third-order valence-corrected chi connectivity index (χ3v) is 6.11. The van der Waals surface area contributed by atoms with Crippen molar-refractivity contribution in [1.82, 2.24) is 4.72 Å². The van der Waals surface area contributed by atoms with Crippen molar-refractivity contribution in [3.05, 3.63) is 65.2 Å². The predicted molar refractivity (Wildman–Crippen MR) is 95.9 cm³/mol. The van der Waals surface area contributed by atoms with E-state index in [1.54, 1.807) is 25.1 Å². The Balaban J connectivity index is 1.98. The van der Waals surface area contributed by atoms with E-state index in [1.807, 2.05) is 31.2 Å². The number of benzene rings is 2. The zero-order valence-corrected chi connectivity index (χ0v) is 15.5. The third kappa shape index (κ3) is 3.51. The van der Waals surface area contributed by atoms with E-state index in [0.29, 0.717) is 17.5 Å². The van der Waals surface area contributed by atoms with Gasteiger partial charge in [-0.05, 0) is 37.5 Å². The maximum absolute atomic E-state index is 13.1. The summed E-state index contributed by atoms with van der Waals surface area (Å²) in [4.78, 5) is 23.2. The number of carbonyl (C=O) groups is 1. The minimum atomic E-state index is -3.99. The Kier molecular flexibility index (Phi) is 5.13. The molecule has 0 radical (unpaired) electrons. The van der Waals surface area contributed by atoms with E-state index < -0.39 is 21.3 Å². The molecule has 2 aromatic rings. The fourth-order valence-electron chi connectivity index (χ4n) is 3.10. The third-order valence-electron chi connectivity index (χ3n) is 4.62. The van der Waals surface area contributed by atoms with Gasteiger partial charge in [-0.15, -0.1) is 0 Å². The van der Waals surface area contributed by atoms with Gasteiger partial charge < -0.3 is 0 Å². The van der Waals surface area contributed by atoms with Crippen molar-refractivity contribution in [2.24, 2.45) is 0 Å². The van der Waals surface area contributed by atoms with E-state index in [0.717, 1.165) is 5.56 Å². The molecule has 0 bridgehead atoms. The lowest BCUT2D eigenvalue weighted by molar-refractivity contribution is -0.325. The summed E-state index contributed by atoms with van der Waals surface area (Å²) in [7, 11) is -3.99. The molecule has 138 valence electrons. The van der Waals surface area contributed by atoms with Crippen LogP contribution >= 0.6 is 0 Å². The number of amides is 1. The zero-order chi connectivity index (χ0) is 18.8. The first-order valence-electron chi connectivity index (χ1n) is 8.30. The van der Waals surface area contributed by atoms with Crippen LogP contribution in [0, 0.1) is 13.8 Å². The van der Waals surface area contributed by atoms with E-state index in [4.69, 9.17) is 9.78 Å². The van der Waals surface area contributed by atoms with Crippen LogP contribution in [0.3, 0.4) is 0 Å². The van der Waals surface area contributed by atoms with Crippen LogP contribution in [0.15, 0.2) is 53.4 Å². The van der Waals surface area contributed by atoms with Gasteiger partial charge in [-0.25, -0.2) is 22.9 Å². The van der Waals surface area contributed by atoms with E-state index >= 15 is 0 Å². The van der Waals surface area contributed by atoms with Gasteiger partial charge in [-0.3, -0.25) is 4.79 Å². The predicted octanol–water partition coefficient (Wildman–Crippen LogP) is 2.40. The van der Waals surface area contributed by atoms with Crippen LogP contribution in [0.2, 0.25) is 0 Å². The van der Waals surface area contributed by atoms with Crippen LogP contribution in [0.4, 0.5) is 0 Å². The molecule has 1 amide bonds. The summed E-state index contributed by atoms with van der Waals surface area (Å²) in [5, 5.41) is 0. The number of hydrogen-bond acceptors (Lipinski definition) is 5. The fraction of sp³-hybridized carbons (Fsp3) is 0.316. The largest absolute Gasteiger partial charge is 0.273 e. The molecule has 0 aliphatic carbocycles. The van der Waals surface area contributed by atoms with Gasteiger partial charge in [-0.1, -0.05) is 48.0 Å². The zero-order valence-electron chi connectivity index (χ0n) is 14.7. The quantitative estimate of drug-likeness (QED) is 0.830. The van der Waals surface area contributed by atoms with Crippen molar-refractivity contribution in [1.29, 1.82) is 0 Å². The Morgan fingerprint density at radius 3 is 2.50 bits per heavy atom. The van der Waals surface area contributed by atoms with Crippen molar-refractivity contribution in [2.75, 3.05) is 13.2 Å². The first-order chi connectivity index (χ1) is 12.3. The second-order valence-corrected chi connectivity index (χ2v) is 8.14. The second kappa shape index (κ2) is 7.19. The van der Waals surface area contributed by atoms with Gasteiger partial charge in [0.2, 0.25) is 5.91 Å². The number of carbonyl (C=O) groups excluding carboxylic acids is 1. The molecule has 1 fully saturated rings. The number of sulfonamides is 1. The van der Waals surface area contributed by atoms with Gasteiger partial charge in [0, 0.05) is 0 Å². The fourth-order valence-corrected chi connectivity index (χ4v) is 4.40. The SMILES string of the molecule is Cc1cccc(C2(C(=O)NS(=O)(=O)c3ccccc3C)CCOOC2)c1. The first-order valence-corrected chi connectivity index (χ1v) is 9.78. The summed E-state index contributed by atoms with van der Waals surface area (Å²) < 4.78 is 27.7. The van der Waals surface area contributed by atoms with Crippen LogP contribution in [-0.2, 0) is 30.0 Å². The Bertz CT molecular complexity index is 917. The summed E-state index contributed by atoms with van der Waals surface area (Å²) in [6, 6.07) is 14.0. The second-order valence-electron chi connectivity index (χ2n) is 6.49. The summed E-state index contributed by atoms with van der Waals surface area (Å²) in [6.45, 7) is 3.75. The minimum Gasteiger partial charge on any atom is -0.273 e. The summed E-state index contributed by atoms with van der Waals surface area (Å²) >= 11 is 0. The molecule has 1 saturated heterocycles. The molecule has 2 aromatic carbocycles. The van der Waals surface area contributed by atoms with E-state index in [9.17, 15) is 13.2 Å². The highest BCUT2D eigenvalue weighted by Gasteiger charge is 2.45. The molecule has 0 aromatic heterocycles. The molecular formula is C19H21NO5S. The molecule has 6 nitrogen and oxygen atoms in total. The van der Waals surface area contributed by atoms with Gasteiger partial charge in [0.25, 0.3) is 10.0 Å². The van der Waals surface area contributed by atoms with E-state index in [1.165, 1.54) is 6.07 Å². The number of nitrogens with one attached hydrogen (secondary N) is 1. The monoisotopic (exact) mass is 375 g/mol. The van der Waals surface area contributed by atoms with Crippen molar-refractivity contribution < 1.29 is 23.0 Å². The molecular weight excluding hydrogens is 354 g/mol. The van der Waals surface area contributed by atoms with E-state index in [-0.39, 0.29) is 18.1 Å². The molecule has 1 N–H and O–H groups in total. The lowest BCUT2D eigenvalue weighted by Gasteiger charge is -2.35. The van der Waals surface area contributed by atoms with Crippen molar-refractivity contribution in [3.8, 4) is 0 Å². The maximum atomic E-state index is 13.1. The lowest BCUT2D eigenvalue weighted by Crippen LogP contribution is -2.52. The average Bonchev–Trinajstić information content (AvgIpc) is 2.62. The molecule has 3 rings (SSSR count). The molecule has 0 spiro atoms. The highest BCUT2D eigenvalue weighted by Crippen LogP contribution is 2.33. The van der Waals surface area contributed by atoms with Crippen molar-refractivity contribution in [2.45, 2.75) is 30.6 Å². The van der Waals surface area contributed by atoms with Crippen molar-refractivity contribution in [3.63, 3.8) is 0 Å². The molecule has 1 atom stereocenters. The topological polar surface area (TPSA) is 81.7 Å². The lowest BCUT2D eigenvalue weighted by atomic mass is 9.77. The molecule has 1 aliphatic rings. The number of rotatable bonds is 4. The Hall–Kier alpha value is -2.22. The normalized spacial score (nSPS) is 20.5. The van der Waals surface area contributed by atoms with Gasteiger partial charge >= 0.3 is 0 Å². The van der Waals surface area contributed by atoms with Gasteiger partial charge in [-0.2, -0.15) is 0 Å². The van der Waals surface area contributed by atoms with Gasteiger partial charge in [0.05, 0.1) is 11.5 Å². The Labute approximate surface area is 153 Å². The van der Waals surface area contributed by atoms with Crippen LogP contribution in [-0.4, -0.2) is 27.5 Å². The molecule has 7 heteroatoms. The molecule has 1 aliphatic heterocycles. The van der Waals surface area contributed by atoms with Crippen LogP contribution in [0.25, 0.3) is 0 Å². The number of aryl methyl sites for hydroxylation is 2.